The number of hydrogen-bond acceptors (Lipinski definition) is 6. The molecule has 0 spiro atoms. The molecule has 1 saturated heterocycles. The van der Waals surface area contributed by atoms with Gasteiger partial charge in [0.15, 0.2) is 0 Å². The molecule has 2 aromatic carbocycles. The van der Waals surface area contributed by atoms with Gasteiger partial charge in [0, 0.05) is 37.8 Å². The van der Waals surface area contributed by atoms with Crippen molar-refractivity contribution in [2.24, 2.45) is 5.92 Å². The topological polar surface area (TPSA) is 104 Å². The van der Waals surface area contributed by atoms with Crippen molar-refractivity contribution in [1.82, 2.24) is 9.80 Å². The number of amides is 1. The molecule has 35 heavy (non-hydrogen) atoms. The maximum absolute atomic E-state index is 13.2. The zero-order valence-corrected chi connectivity index (χ0v) is 20.9. The van der Waals surface area contributed by atoms with Gasteiger partial charge in [-0.2, -0.15) is 8.42 Å². The minimum Gasteiger partial charge on any atom is -0.426 e. The Kier molecular flexibility index (Phi) is 7.59. The van der Waals surface area contributed by atoms with Crippen molar-refractivity contribution in [1.29, 1.82) is 0 Å². The van der Waals surface area contributed by atoms with E-state index in [-0.39, 0.29) is 11.7 Å². The number of carbonyl (C=O) groups is 2. The van der Waals surface area contributed by atoms with Crippen molar-refractivity contribution >= 4 is 22.0 Å². The van der Waals surface area contributed by atoms with E-state index < -0.39 is 33.7 Å². The van der Waals surface area contributed by atoms with Gasteiger partial charge in [-0.15, -0.1) is 0 Å². The molecule has 0 aromatic heterocycles. The Balaban J connectivity index is 1.46. The highest BCUT2D eigenvalue weighted by atomic mass is 32.2. The second-order valence-electron chi connectivity index (χ2n) is 9.59. The number of piperazine rings is 1. The van der Waals surface area contributed by atoms with E-state index in [2.05, 4.69) is 18.7 Å². The third-order valence-electron chi connectivity index (χ3n) is 6.98. The first-order chi connectivity index (χ1) is 16.6. The van der Waals surface area contributed by atoms with E-state index in [4.69, 9.17) is 4.74 Å². The van der Waals surface area contributed by atoms with Crippen LogP contribution < -0.4 is 4.74 Å². The van der Waals surface area contributed by atoms with Crippen LogP contribution in [0.1, 0.15) is 47.7 Å². The molecule has 4 rings (SSSR count). The van der Waals surface area contributed by atoms with Gasteiger partial charge < -0.3 is 9.64 Å². The summed E-state index contributed by atoms with van der Waals surface area (Å²) in [5.74, 6) is -2.24. The molecule has 0 saturated carbocycles. The lowest BCUT2D eigenvalue weighted by Gasteiger charge is -2.37. The first-order valence-corrected chi connectivity index (χ1v) is 13.6. The van der Waals surface area contributed by atoms with Gasteiger partial charge in [-0.05, 0) is 68.0 Å². The average molecular weight is 501 g/mol. The number of rotatable bonds is 6. The van der Waals surface area contributed by atoms with Crippen molar-refractivity contribution in [3.63, 3.8) is 0 Å². The number of hydrogen-bond donors (Lipinski definition) is 1. The van der Waals surface area contributed by atoms with Gasteiger partial charge in [0.2, 0.25) is 0 Å². The average Bonchev–Trinajstić information content (AvgIpc) is 2.83. The van der Waals surface area contributed by atoms with Gasteiger partial charge in [0.25, 0.3) is 16.0 Å². The first kappa shape index (κ1) is 25.3. The highest BCUT2D eigenvalue weighted by molar-refractivity contribution is 7.85. The zero-order chi connectivity index (χ0) is 25.2. The third kappa shape index (κ3) is 6.09. The van der Waals surface area contributed by atoms with Crippen molar-refractivity contribution in [3.05, 3.63) is 65.2 Å². The largest absolute Gasteiger partial charge is 0.426 e. The fraction of sp³-hybridized carbons (Fsp3) is 0.462. The Morgan fingerprint density at radius 2 is 1.69 bits per heavy atom. The predicted octanol–water partition coefficient (Wildman–Crippen LogP) is 2.99. The lowest BCUT2D eigenvalue weighted by Crippen LogP contribution is -2.50. The second kappa shape index (κ2) is 10.5. The fourth-order valence-corrected chi connectivity index (χ4v) is 5.97. The Morgan fingerprint density at radius 3 is 2.31 bits per heavy atom. The third-order valence-corrected chi connectivity index (χ3v) is 7.83. The molecule has 9 heteroatoms. The number of ether oxygens (including phenoxy) is 1. The smallest absolute Gasteiger partial charge is 0.319 e. The summed E-state index contributed by atoms with van der Waals surface area (Å²) in [5, 5.41) is 0. The summed E-state index contributed by atoms with van der Waals surface area (Å²) in [6.07, 6.45) is 1.08. The van der Waals surface area contributed by atoms with Crippen LogP contribution in [0.25, 0.3) is 0 Å². The van der Waals surface area contributed by atoms with Crippen LogP contribution in [0.15, 0.2) is 48.5 Å². The van der Waals surface area contributed by atoms with Gasteiger partial charge in [0.1, 0.15) is 5.75 Å². The normalized spacial score (nSPS) is 21.0. The number of carbonyl (C=O) groups excluding carboxylic acids is 2. The van der Waals surface area contributed by atoms with E-state index in [0.29, 0.717) is 37.5 Å². The van der Waals surface area contributed by atoms with E-state index in [1.165, 1.54) is 0 Å². The minimum atomic E-state index is -4.25. The van der Waals surface area contributed by atoms with Crippen LogP contribution in [0.4, 0.5) is 0 Å². The minimum absolute atomic E-state index is 0.0549. The molecule has 0 bridgehead atoms. The van der Waals surface area contributed by atoms with Crippen LogP contribution in [-0.2, 0) is 21.3 Å². The summed E-state index contributed by atoms with van der Waals surface area (Å²) in [7, 11) is -4.25. The SMILES string of the molecule is CC(C)N1CCN(C(=O)c2ccc(OC(=O)C3c4ccccc4CCC3CS(=O)(=O)O)cc2)CC1. The molecule has 1 amide bonds. The van der Waals surface area contributed by atoms with Crippen molar-refractivity contribution < 1.29 is 27.3 Å². The number of esters is 1. The standard InChI is InChI=1S/C26H32N2O6S/c1-18(2)27-13-15-28(16-14-27)25(29)20-9-11-22(12-10-20)34-26(30)24-21(17-35(31,32)33)8-7-19-5-3-4-6-23(19)24/h3-6,9-12,18,21,24H,7-8,13-17H2,1-2H3,(H,31,32,33). The zero-order valence-electron chi connectivity index (χ0n) is 20.1. The Hall–Kier alpha value is -2.75. The molecule has 188 valence electrons. The van der Waals surface area contributed by atoms with E-state index in [1.54, 1.807) is 36.4 Å². The number of nitrogens with zero attached hydrogens (tertiary/aromatic N) is 2. The quantitative estimate of drug-likeness (QED) is 0.369. The van der Waals surface area contributed by atoms with Crippen molar-refractivity contribution in [2.75, 3.05) is 31.9 Å². The van der Waals surface area contributed by atoms with Gasteiger partial charge in [0.05, 0.1) is 11.7 Å². The molecule has 2 atom stereocenters. The molecule has 1 N–H and O–H groups in total. The maximum Gasteiger partial charge on any atom is 0.319 e. The monoisotopic (exact) mass is 500 g/mol. The van der Waals surface area contributed by atoms with Gasteiger partial charge in [-0.25, -0.2) is 0 Å². The number of benzene rings is 2. The summed E-state index contributed by atoms with van der Waals surface area (Å²) in [4.78, 5) is 30.3. The summed E-state index contributed by atoms with van der Waals surface area (Å²) in [6, 6.07) is 14.3. The Morgan fingerprint density at radius 1 is 1.03 bits per heavy atom. The van der Waals surface area contributed by atoms with Crippen LogP contribution in [0, 0.1) is 5.92 Å². The number of aryl methyl sites for hydroxylation is 1. The Labute approximate surface area is 206 Å². The molecule has 0 radical (unpaired) electrons. The predicted molar refractivity (Wildman–Crippen MR) is 132 cm³/mol. The highest BCUT2D eigenvalue weighted by Crippen LogP contribution is 2.38. The van der Waals surface area contributed by atoms with Gasteiger partial charge in [-0.1, -0.05) is 24.3 Å². The van der Waals surface area contributed by atoms with Crippen LogP contribution in [0.2, 0.25) is 0 Å². The van der Waals surface area contributed by atoms with E-state index in [1.807, 2.05) is 17.0 Å². The molecule has 1 aliphatic heterocycles. The van der Waals surface area contributed by atoms with Crippen LogP contribution >= 0.6 is 0 Å². The molecule has 1 aliphatic carbocycles. The Bertz CT molecular complexity index is 1170. The maximum atomic E-state index is 13.2. The molecular formula is C26H32N2O6S. The van der Waals surface area contributed by atoms with Gasteiger partial charge >= 0.3 is 5.97 Å². The van der Waals surface area contributed by atoms with Crippen molar-refractivity contribution in [2.45, 2.75) is 38.6 Å². The van der Waals surface area contributed by atoms with Crippen LogP contribution in [0.3, 0.4) is 0 Å². The molecule has 1 fully saturated rings. The van der Waals surface area contributed by atoms with E-state index >= 15 is 0 Å². The summed E-state index contributed by atoms with van der Waals surface area (Å²) in [5.41, 5.74) is 2.22. The molecule has 8 nitrogen and oxygen atoms in total. The summed E-state index contributed by atoms with van der Waals surface area (Å²) >= 11 is 0. The van der Waals surface area contributed by atoms with Crippen molar-refractivity contribution in [3.8, 4) is 5.75 Å². The lowest BCUT2D eigenvalue weighted by atomic mass is 9.76. The van der Waals surface area contributed by atoms with Crippen LogP contribution in [0.5, 0.6) is 5.75 Å². The molecule has 2 aromatic rings. The summed E-state index contributed by atoms with van der Waals surface area (Å²) < 4.78 is 38.2. The van der Waals surface area contributed by atoms with E-state index in [0.717, 1.165) is 24.2 Å². The summed E-state index contributed by atoms with van der Waals surface area (Å²) in [6.45, 7) is 7.32. The molecule has 2 unspecified atom stereocenters. The van der Waals surface area contributed by atoms with Crippen LogP contribution in [-0.4, -0.2) is 72.6 Å². The second-order valence-corrected chi connectivity index (χ2v) is 11.1. The number of fused-ring (bicyclic) bond motifs is 1. The highest BCUT2D eigenvalue weighted by Gasteiger charge is 2.38. The molecule has 2 aliphatic rings. The van der Waals surface area contributed by atoms with E-state index in [9.17, 15) is 22.6 Å². The first-order valence-electron chi connectivity index (χ1n) is 12.0. The molecular weight excluding hydrogens is 468 g/mol. The fourth-order valence-electron chi connectivity index (χ4n) is 5.07. The van der Waals surface area contributed by atoms with Gasteiger partial charge in [-0.3, -0.25) is 19.0 Å². The molecule has 1 heterocycles. The lowest BCUT2D eigenvalue weighted by molar-refractivity contribution is -0.137.